The van der Waals surface area contributed by atoms with E-state index in [0.717, 1.165) is 16.0 Å². The number of thiophene rings is 1. The highest BCUT2D eigenvalue weighted by Gasteiger charge is 2.11. The van der Waals surface area contributed by atoms with E-state index in [1.807, 2.05) is 17.5 Å². The summed E-state index contributed by atoms with van der Waals surface area (Å²) in [7, 11) is 0. The molecule has 0 saturated heterocycles. The molecule has 1 heterocycles. The van der Waals surface area contributed by atoms with Gasteiger partial charge in [-0.15, -0.1) is 11.3 Å². The highest BCUT2D eigenvalue weighted by atomic mass is 35.5. The molecular weight excluding hydrogens is 279 g/mol. The third-order valence-electron chi connectivity index (χ3n) is 2.27. The second-order valence-electron chi connectivity index (χ2n) is 3.47. The normalized spacial score (nSPS) is 10.5. The number of halogens is 2. The number of hydrogen-bond acceptors (Lipinski definition) is 2. The van der Waals surface area contributed by atoms with Gasteiger partial charge in [-0.05, 0) is 34.7 Å². The van der Waals surface area contributed by atoms with Crippen molar-refractivity contribution in [2.75, 3.05) is 0 Å². The summed E-state index contributed by atoms with van der Waals surface area (Å²) >= 11 is 13.3. The van der Waals surface area contributed by atoms with Crippen LogP contribution in [-0.2, 0) is 11.2 Å². The molecule has 5 heteroatoms. The van der Waals surface area contributed by atoms with E-state index in [2.05, 4.69) is 0 Å². The van der Waals surface area contributed by atoms with Crippen molar-refractivity contribution in [2.45, 2.75) is 6.42 Å². The summed E-state index contributed by atoms with van der Waals surface area (Å²) in [5.74, 6) is -0.843. The molecule has 0 atom stereocenters. The Morgan fingerprint density at radius 3 is 2.65 bits per heavy atom. The van der Waals surface area contributed by atoms with Crippen molar-refractivity contribution in [2.24, 2.45) is 0 Å². The fourth-order valence-electron chi connectivity index (χ4n) is 1.53. The fraction of sp³-hybridized carbons (Fsp3) is 0.0833. The molecule has 0 bridgehead atoms. The predicted octanol–water partition coefficient (Wildman–Crippen LogP) is 4.35. The molecule has 0 aliphatic heterocycles. The van der Waals surface area contributed by atoms with Crippen LogP contribution in [0.25, 0.3) is 10.4 Å². The van der Waals surface area contributed by atoms with Gasteiger partial charge < -0.3 is 5.11 Å². The molecule has 0 spiro atoms. The standard InChI is InChI=1S/C12H8Cl2O2S/c13-9-2-1-7(5-10(9)14)12-8(3-4-17-12)6-11(15)16/h1-5H,6H2,(H,15,16). The summed E-state index contributed by atoms with van der Waals surface area (Å²) in [6, 6.07) is 7.12. The van der Waals surface area contributed by atoms with Crippen LogP contribution in [0.3, 0.4) is 0 Å². The Labute approximate surface area is 112 Å². The van der Waals surface area contributed by atoms with Crippen molar-refractivity contribution in [3.63, 3.8) is 0 Å². The monoisotopic (exact) mass is 286 g/mol. The average Bonchev–Trinajstić information content (AvgIpc) is 2.69. The van der Waals surface area contributed by atoms with Gasteiger partial charge in [0.2, 0.25) is 0 Å². The third kappa shape index (κ3) is 2.80. The Bertz CT molecular complexity index is 563. The van der Waals surface area contributed by atoms with Gasteiger partial charge in [-0.1, -0.05) is 29.3 Å². The number of rotatable bonds is 3. The van der Waals surface area contributed by atoms with Crippen molar-refractivity contribution in [1.29, 1.82) is 0 Å². The Morgan fingerprint density at radius 1 is 1.24 bits per heavy atom. The van der Waals surface area contributed by atoms with Crippen LogP contribution in [0.1, 0.15) is 5.56 Å². The van der Waals surface area contributed by atoms with Gasteiger partial charge in [0.1, 0.15) is 0 Å². The molecule has 1 aromatic carbocycles. The molecule has 2 nitrogen and oxygen atoms in total. The van der Waals surface area contributed by atoms with E-state index in [-0.39, 0.29) is 6.42 Å². The predicted molar refractivity (Wildman–Crippen MR) is 71.1 cm³/mol. The van der Waals surface area contributed by atoms with Crippen molar-refractivity contribution >= 4 is 40.5 Å². The van der Waals surface area contributed by atoms with Crippen LogP contribution in [0.4, 0.5) is 0 Å². The Balaban J connectivity index is 2.42. The minimum Gasteiger partial charge on any atom is -0.481 e. The number of carboxylic acid groups (broad SMARTS) is 1. The maximum Gasteiger partial charge on any atom is 0.307 e. The molecular formula is C12H8Cl2O2S. The van der Waals surface area contributed by atoms with Crippen LogP contribution in [-0.4, -0.2) is 11.1 Å². The molecule has 0 aliphatic rings. The summed E-state index contributed by atoms with van der Waals surface area (Å²) < 4.78 is 0. The second kappa shape index (κ2) is 5.08. The highest BCUT2D eigenvalue weighted by Crippen LogP contribution is 2.34. The lowest BCUT2D eigenvalue weighted by Crippen LogP contribution is -1.99. The quantitative estimate of drug-likeness (QED) is 0.911. The zero-order valence-electron chi connectivity index (χ0n) is 8.61. The van der Waals surface area contributed by atoms with E-state index in [9.17, 15) is 4.79 Å². The smallest absolute Gasteiger partial charge is 0.307 e. The second-order valence-corrected chi connectivity index (χ2v) is 5.20. The molecule has 0 saturated carbocycles. The molecule has 1 aromatic heterocycles. The number of aliphatic carboxylic acids is 1. The summed E-state index contributed by atoms with van der Waals surface area (Å²) in [5.41, 5.74) is 1.69. The molecule has 1 N–H and O–H groups in total. The molecule has 88 valence electrons. The number of benzene rings is 1. The SMILES string of the molecule is O=C(O)Cc1ccsc1-c1ccc(Cl)c(Cl)c1. The first-order valence-corrected chi connectivity index (χ1v) is 6.45. The fourth-order valence-corrected chi connectivity index (χ4v) is 2.75. The van der Waals surface area contributed by atoms with Gasteiger partial charge in [0.15, 0.2) is 0 Å². The molecule has 0 unspecified atom stereocenters. The Hall–Kier alpha value is -1.03. The molecule has 0 amide bonds. The van der Waals surface area contributed by atoms with Crippen LogP contribution < -0.4 is 0 Å². The first-order chi connectivity index (χ1) is 8.08. The van der Waals surface area contributed by atoms with Crippen LogP contribution >= 0.6 is 34.5 Å². The topological polar surface area (TPSA) is 37.3 Å². The maximum absolute atomic E-state index is 10.7. The summed E-state index contributed by atoms with van der Waals surface area (Å²) in [4.78, 5) is 11.7. The molecule has 0 fully saturated rings. The number of hydrogen-bond donors (Lipinski definition) is 1. The van der Waals surface area contributed by atoms with Crippen molar-refractivity contribution in [3.05, 3.63) is 45.3 Å². The van der Waals surface area contributed by atoms with E-state index < -0.39 is 5.97 Å². The van der Waals surface area contributed by atoms with Crippen molar-refractivity contribution in [3.8, 4) is 10.4 Å². The van der Waals surface area contributed by atoms with Gasteiger partial charge in [0, 0.05) is 4.88 Å². The largest absolute Gasteiger partial charge is 0.481 e. The van der Waals surface area contributed by atoms with Crippen LogP contribution in [0.2, 0.25) is 10.0 Å². The van der Waals surface area contributed by atoms with Crippen molar-refractivity contribution in [1.82, 2.24) is 0 Å². The molecule has 0 aliphatic carbocycles. The molecule has 0 radical (unpaired) electrons. The summed E-state index contributed by atoms with van der Waals surface area (Å²) in [6.07, 6.45) is 0.0130. The lowest BCUT2D eigenvalue weighted by molar-refractivity contribution is -0.136. The lowest BCUT2D eigenvalue weighted by atomic mass is 10.1. The van der Waals surface area contributed by atoms with Crippen molar-refractivity contribution < 1.29 is 9.90 Å². The molecule has 2 rings (SSSR count). The minimum atomic E-state index is -0.843. The highest BCUT2D eigenvalue weighted by molar-refractivity contribution is 7.13. The van der Waals surface area contributed by atoms with Gasteiger partial charge in [-0.25, -0.2) is 0 Å². The molecule has 17 heavy (non-hydrogen) atoms. The zero-order chi connectivity index (χ0) is 12.4. The van der Waals surface area contributed by atoms with E-state index in [4.69, 9.17) is 28.3 Å². The first-order valence-electron chi connectivity index (χ1n) is 4.81. The number of carbonyl (C=O) groups is 1. The summed E-state index contributed by atoms with van der Waals surface area (Å²) in [5, 5.41) is 11.6. The first kappa shape index (κ1) is 12.4. The maximum atomic E-state index is 10.7. The number of carboxylic acids is 1. The van der Waals surface area contributed by atoms with Gasteiger partial charge in [0.05, 0.1) is 16.5 Å². The zero-order valence-corrected chi connectivity index (χ0v) is 10.9. The van der Waals surface area contributed by atoms with E-state index in [1.165, 1.54) is 11.3 Å². The lowest BCUT2D eigenvalue weighted by Gasteiger charge is -2.03. The summed E-state index contributed by atoms with van der Waals surface area (Å²) in [6.45, 7) is 0. The van der Waals surface area contributed by atoms with Gasteiger partial charge in [-0.3, -0.25) is 4.79 Å². The Kier molecular flexibility index (Phi) is 3.72. The van der Waals surface area contributed by atoms with Crippen LogP contribution in [0, 0.1) is 0 Å². The minimum absolute atomic E-state index is 0.0130. The van der Waals surface area contributed by atoms with E-state index >= 15 is 0 Å². The van der Waals surface area contributed by atoms with E-state index in [1.54, 1.807) is 12.1 Å². The van der Waals surface area contributed by atoms with Gasteiger partial charge in [0.25, 0.3) is 0 Å². The average molecular weight is 287 g/mol. The van der Waals surface area contributed by atoms with Crippen LogP contribution in [0.15, 0.2) is 29.6 Å². The Morgan fingerprint density at radius 2 is 2.00 bits per heavy atom. The third-order valence-corrected chi connectivity index (χ3v) is 4.02. The van der Waals surface area contributed by atoms with E-state index in [0.29, 0.717) is 10.0 Å². The molecule has 2 aromatic rings. The van der Waals surface area contributed by atoms with Crippen LogP contribution in [0.5, 0.6) is 0 Å². The van der Waals surface area contributed by atoms with Gasteiger partial charge in [-0.2, -0.15) is 0 Å². The van der Waals surface area contributed by atoms with Gasteiger partial charge >= 0.3 is 5.97 Å².